The Balaban J connectivity index is 1.52. The summed E-state index contributed by atoms with van der Waals surface area (Å²) in [7, 11) is 0. The second kappa shape index (κ2) is 12.3. The van der Waals surface area contributed by atoms with Crippen molar-refractivity contribution >= 4 is 33.6 Å². The molecule has 7 nitrogen and oxygen atoms in total. The van der Waals surface area contributed by atoms with E-state index in [2.05, 4.69) is 38.4 Å². The fraction of sp³-hybridized carbons (Fsp3) is 0.500. The van der Waals surface area contributed by atoms with Crippen LogP contribution in [0.5, 0.6) is 5.88 Å². The van der Waals surface area contributed by atoms with Crippen LogP contribution in [0.3, 0.4) is 0 Å². The highest BCUT2D eigenvalue weighted by Gasteiger charge is 2.44. The molecule has 2 aromatic rings. The van der Waals surface area contributed by atoms with Crippen LogP contribution in [0.15, 0.2) is 46.9 Å². The highest BCUT2D eigenvalue weighted by molar-refractivity contribution is 9.10. The summed E-state index contributed by atoms with van der Waals surface area (Å²) >= 11 is 3.46. The molecule has 0 bridgehead atoms. The van der Waals surface area contributed by atoms with Crippen LogP contribution in [0.25, 0.3) is 0 Å². The van der Waals surface area contributed by atoms with Gasteiger partial charge in [0.2, 0.25) is 11.8 Å². The van der Waals surface area contributed by atoms with Crippen LogP contribution in [0, 0.1) is 17.3 Å². The number of esters is 1. The number of ether oxygens (including phenoxy) is 3. The molecule has 1 saturated carbocycles. The summed E-state index contributed by atoms with van der Waals surface area (Å²) in [5.74, 6) is 0.694. The van der Waals surface area contributed by atoms with Gasteiger partial charge in [-0.2, -0.15) is 4.98 Å². The highest BCUT2D eigenvalue weighted by Crippen LogP contribution is 2.39. The van der Waals surface area contributed by atoms with Crippen LogP contribution in [-0.2, 0) is 25.7 Å². The first-order chi connectivity index (χ1) is 16.4. The van der Waals surface area contributed by atoms with Crippen LogP contribution >= 0.6 is 15.9 Å². The zero-order valence-electron chi connectivity index (χ0n) is 20.0. The van der Waals surface area contributed by atoms with Crippen molar-refractivity contribution in [3.63, 3.8) is 0 Å². The molecule has 34 heavy (non-hydrogen) atoms. The third-order valence-corrected chi connectivity index (χ3v) is 6.91. The summed E-state index contributed by atoms with van der Waals surface area (Å²) in [5.41, 5.74) is -0.0756. The SMILES string of the molecule is CCOC(=O)C(CC)(CC)C(=O)Nc1ccc(Br)c(OC[C@H]2C[C@@H]2COCc2ccccc2)n1. The number of carbonyl (C=O) groups excluding carboxylic acids is 2. The molecule has 0 unspecified atom stereocenters. The Kier molecular flexibility index (Phi) is 9.47. The zero-order valence-corrected chi connectivity index (χ0v) is 21.6. The van der Waals surface area contributed by atoms with Crippen LogP contribution < -0.4 is 10.1 Å². The number of aromatic nitrogens is 1. The van der Waals surface area contributed by atoms with Gasteiger partial charge in [-0.1, -0.05) is 44.2 Å². The van der Waals surface area contributed by atoms with Gasteiger partial charge in [0.1, 0.15) is 11.2 Å². The zero-order chi connectivity index (χ0) is 24.6. The number of nitrogens with one attached hydrogen (secondary N) is 1. The molecular formula is C26H33BrN2O5. The molecule has 1 aliphatic rings. The largest absolute Gasteiger partial charge is 0.477 e. The number of anilines is 1. The van der Waals surface area contributed by atoms with Gasteiger partial charge in [0.15, 0.2) is 0 Å². The number of halogens is 1. The molecule has 3 rings (SSSR count). The van der Waals surface area contributed by atoms with Crippen molar-refractivity contribution in [3.8, 4) is 5.88 Å². The first kappa shape index (κ1) is 26.2. The molecule has 0 saturated heterocycles. The average molecular weight is 533 g/mol. The van der Waals surface area contributed by atoms with E-state index in [9.17, 15) is 9.59 Å². The number of pyridine rings is 1. The molecule has 8 heteroatoms. The van der Waals surface area contributed by atoms with Gasteiger partial charge in [0.05, 0.1) is 30.9 Å². The predicted octanol–water partition coefficient (Wildman–Crippen LogP) is 5.38. The van der Waals surface area contributed by atoms with Crippen molar-refractivity contribution in [2.75, 3.05) is 25.1 Å². The summed E-state index contributed by atoms with van der Waals surface area (Å²) in [6.07, 6.45) is 1.73. The highest BCUT2D eigenvalue weighted by atomic mass is 79.9. The number of rotatable bonds is 13. The van der Waals surface area contributed by atoms with Crippen LogP contribution in [0.4, 0.5) is 5.82 Å². The van der Waals surface area contributed by atoms with E-state index in [1.165, 1.54) is 5.56 Å². The minimum atomic E-state index is -1.24. The van der Waals surface area contributed by atoms with E-state index >= 15 is 0 Å². The standard InChI is InChI=1S/C26H33BrN2O5/c1-4-26(5-2,25(31)33-6-3)24(30)29-22-13-12-21(27)23(28-22)34-17-20-14-19(20)16-32-15-18-10-8-7-9-11-18/h7-13,19-20H,4-6,14-17H2,1-3H3,(H,28,29,30)/t19-,20-/m1/s1. The maximum atomic E-state index is 13.0. The molecule has 1 aliphatic carbocycles. The van der Waals surface area contributed by atoms with E-state index in [-0.39, 0.29) is 6.61 Å². The molecule has 184 valence electrons. The number of hydrogen-bond donors (Lipinski definition) is 1. The summed E-state index contributed by atoms with van der Waals surface area (Å²) in [6, 6.07) is 13.6. The molecule has 2 atom stereocenters. The maximum Gasteiger partial charge on any atom is 0.321 e. The third kappa shape index (κ3) is 6.57. The molecule has 0 aliphatic heterocycles. The van der Waals surface area contributed by atoms with E-state index in [4.69, 9.17) is 14.2 Å². The lowest BCUT2D eigenvalue weighted by molar-refractivity contribution is -0.159. The summed E-state index contributed by atoms with van der Waals surface area (Å²) < 4.78 is 17.6. The first-order valence-corrected chi connectivity index (χ1v) is 12.6. The van der Waals surface area contributed by atoms with E-state index in [1.54, 1.807) is 32.9 Å². The topological polar surface area (TPSA) is 86.8 Å². The Labute approximate surface area is 209 Å². The lowest BCUT2D eigenvalue weighted by atomic mass is 9.81. The van der Waals surface area contributed by atoms with Crippen molar-refractivity contribution in [1.29, 1.82) is 0 Å². The van der Waals surface area contributed by atoms with Crippen LogP contribution in [-0.4, -0.2) is 36.7 Å². The lowest BCUT2D eigenvalue weighted by Crippen LogP contribution is -2.43. The predicted molar refractivity (Wildman–Crippen MR) is 133 cm³/mol. The maximum absolute atomic E-state index is 13.0. The van der Waals surface area contributed by atoms with Crippen molar-refractivity contribution in [3.05, 3.63) is 52.5 Å². The fourth-order valence-electron chi connectivity index (χ4n) is 3.86. The Morgan fingerprint density at radius 1 is 1.06 bits per heavy atom. The number of amides is 1. The Hall–Kier alpha value is -2.45. The third-order valence-electron chi connectivity index (χ3n) is 6.31. The monoisotopic (exact) mass is 532 g/mol. The second-order valence-electron chi connectivity index (χ2n) is 8.51. The lowest BCUT2D eigenvalue weighted by Gasteiger charge is -2.27. The summed E-state index contributed by atoms with van der Waals surface area (Å²) in [4.78, 5) is 30.0. The first-order valence-electron chi connectivity index (χ1n) is 11.8. The minimum absolute atomic E-state index is 0.224. The molecule has 0 spiro atoms. The van der Waals surface area contributed by atoms with E-state index in [0.717, 1.165) is 6.42 Å². The molecule has 1 N–H and O–H groups in total. The quantitative estimate of drug-likeness (QED) is 0.275. The van der Waals surface area contributed by atoms with Crippen molar-refractivity contribution in [2.24, 2.45) is 17.3 Å². The van der Waals surface area contributed by atoms with Crippen molar-refractivity contribution in [2.45, 2.75) is 46.6 Å². The van der Waals surface area contributed by atoms with Gasteiger partial charge >= 0.3 is 5.97 Å². The smallest absolute Gasteiger partial charge is 0.321 e. The van der Waals surface area contributed by atoms with Gasteiger partial charge in [-0.3, -0.25) is 9.59 Å². The van der Waals surface area contributed by atoms with Crippen LogP contribution in [0.1, 0.15) is 45.6 Å². The number of carbonyl (C=O) groups is 2. The molecule has 1 fully saturated rings. The van der Waals surface area contributed by atoms with E-state index in [0.29, 0.717) is 60.7 Å². The molecular weight excluding hydrogens is 500 g/mol. The van der Waals surface area contributed by atoms with Crippen LogP contribution in [0.2, 0.25) is 0 Å². The van der Waals surface area contributed by atoms with Gasteiger partial charge in [-0.25, -0.2) is 0 Å². The Morgan fingerprint density at radius 3 is 2.44 bits per heavy atom. The number of benzene rings is 1. The average Bonchev–Trinajstić information content (AvgIpc) is 3.59. The Bertz CT molecular complexity index is 965. The van der Waals surface area contributed by atoms with Crippen molar-refractivity contribution in [1.82, 2.24) is 4.98 Å². The van der Waals surface area contributed by atoms with Gasteiger partial charge in [-0.05, 0) is 71.6 Å². The van der Waals surface area contributed by atoms with Crippen molar-refractivity contribution < 1.29 is 23.8 Å². The molecule has 1 heterocycles. The molecule has 1 amide bonds. The summed E-state index contributed by atoms with van der Waals surface area (Å²) in [5, 5.41) is 2.78. The molecule has 0 radical (unpaired) electrons. The molecule has 1 aromatic heterocycles. The van der Waals surface area contributed by atoms with Gasteiger partial charge in [0, 0.05) is 0 Å². The minimum Gasteiger partial charge on any atom is -0.477 e. The van der Waals surface area contributed by atoms with Gasteiger partial charge in [0.25, 0.3) is 0 Å². The normalized spacial score (nSPS) is 17.2. The molecule has 1 aromatic carbocycles. The van der Waals surface area contributed by atoms with E-state index in [1.807, 2.05) is 18.2 Å². The van der Waals surface area contributed by atoms with Gasteiger partial charge in [-0.15, -0.1) is 0 Å². The van der Waals surface area contributed by atoms with Gasteiger partial charge < -0.3 is 19.5 Å². The fourth-order valence-corrected chi connectivity index (χ4v) is 4.19. The second-order valence-corrected chi connectivity index (χ2v) is 9.37. The van der Waals surface area contributed by atoms with E-state index < -0.39 is 17.3 Å². The number of nitrogens with zero attached hydrogens (tertiary/aromatic N) is 1. The summed E-state index contributed by atoms with van der Waals surface area (Å²) in [6.45, 7) is 7.41. The Morgan fingerprint density at radius 2 is 1.76 bits per heavy atom. The number of hydrogen-bond acceptors (Lipinski definition) is 6.